The van der Waals surface area contributed by atoms with Crippen molar-refractivity contribution in [2.45, 2.75) is 31.9 Å². The molecule has 1 aromatic carbocycles. The van der Waals surface area contributed by atoms with E-state index in [4.69, 9.17) is 9.84 Å². The number of H-pyrrole nitrogens is 1. The number of nitrogens with zero attached hydrogens (tertiary/aromatic N) is 3. The summed E-state index contributed by atoms with van der Waals surface area (Å²) in [7, 11) is 0. The van der Waals surface area contributed by atoms with Gasteiger partial charge in [-0.1, -0.05) is 12.1 Å². The number of ether oxygens (including phenoxy) is 2. The number of benzene rings is 1. The summed E-state index contributed by atoms with van der Waals surface area (Å²) in [6.45, 7) is -0.463. The van der Waals surface area contributed by atoms with Crippen molar-refractivity contribution in [2.75, 3.05) is 6.61 Å². The Morgan fingerprint density at radius 3 is 2.36 bits per heavy atom. The van der Waals surface area contributed by atoms with Gasteiger partial charge in [-0.15, -0.1) is 13.2 Å². The molecular weight excluding hydrogens is 538 g/mol. The molecule has 9 nitrogen and oxygen atoms in total. The molecule has 0 aliphatic rings. The zero-order valence-electron chi connectivity index (χ0n) is 19.6. The second-order valence-corrected chi connectivity index (χ2v) is 8.14. The molecule has 0 fully saturated rings. The first-order chi connectivity index (χ1) is 18.4. The van der Waals surface area contributed by atoms with E-state index in [0.29, 0.717) is 0 Å². The van der Waals surface area contributed by atoms with Gasteiger partial charge in [-0.3, -0.25) is 19.3 Å². The minimum absolute atomic E-state index is 0.0717. The number of aliphatic hydroxyl groups excluding tert-OH is 1. The Labute approximate surface area is 214 Å². The quantitative estimate of drug-likeness (QED) is 0.313. The summed E-state index contributed by atoms with van der Waals surface area (Å²) in [5.74, 6) is -0.836. The monoisotopic (exact) mass is 556 g/mol. The summed E-state index contributed by atoms with van der Waals surface area (Å²) in [5.41, 5.74) is -2.61. The van der Waals surface area contributed by atoms with Gasteiger partial charge in [0.25, 0.3) is 5.56 Å². The molecule has 2 N–H and O–H groups in total. The number of fused-ring (bicyclic) bond motifs is 1. The van der Waals surface area contributed by atoms with Crippen molar-refractivity contribution in [3.8, 4) is 17.2 Å². The van der Waals surface area contributed by atoms with Crippen molar-refractivity contribution in [3.63, 3.8) is 0 Å². The number of hydrogen-bond donors (Lipinski definition) is 2. The lowest BCUT2D eigenvalue weighted by molar-refractivity contribution is -0.274. The van der Waals surface area contributed by atoms with Gasteiger partial charge in [0.1, 0.15) is 28.6 Å². The molecule has 3 heterocycles. The molecule has 0 spiro atoms. The van der Waals surface area contributed by atoms with Crippen LogP contribution in [-0.4, -0.2) is 37.6 Å². The molecule has 15 heteroatoms. The molecule has 4 aromatic rings. The summed E-state index contributed by atoms with van der Waals surface area (Å²) in [4.78, 5) is 35.6. The number of alkyl halides is 6. The Hall–Kier alpha value is -4.40. The normalized spacial score (nSPS) is 12.1. The van der Waals surface area contributed by atoms with E-state index in [1.807, 2.05) is 0 Å². The zero-order chi connectivity index (χ0) is 28.4. The van der Waals surface area contributed by atoms with E-state index in [-0.39, 0.29) is 59.7 Å². The second kappa shape index (κ2) is 10.8. The molecule has 39 heavy (non-hydrogen) atoms. The number of hydrogen-bond acceptors (Lipinski definition) is 7. The highest BCUT2D eigenvalue weighted by Crippen LogP contribution is 2.33. The second-order valence-electron chi connectivity index (χ2n) is 8.14. The molecule has 0 saturated carbocycles. The van der Waals surface area contributed by atoms with Crippen LogP contribution in [0.25, 0.3) is 11.0 Å². The molecule has 4 rings (SSSR count). The summed E-state index contributed by atoms with van der Waals surface area (Å²) >= 11 is 0. The molecule has 0 atom stereocenters. The molecular formula is C24H18F6N4O5. The van der Waals surface area contributed by atoms with Gasteiger partial charge in [-0.05, 0) is 30.2 Å². The van der Waals surface area contributed by atoms with Crippen LogP contribution in [0.5, 0.6) is 17.2 Å². The van der Waals surface area contributed by atoms with Crippen LogP contribution in [-0.2, 0) is 19.1 Å². The number of rotatable bonds is 8. The average molecular weight is 556 g/mol. The minimum Gasteiger partial charge on any atom is -0.455 e. The lowest BCUT2D eigenvalue weighted by Crippen LogP contribution is -2.36. The van der Waals surface area contributed by atoms with Gasteiger partial charge in [0.2, 0.25) is 0 Å². The van der Waals surface area contributed by atoms with E-state index in [1.54, 1.807) is 0 Å². The molecule has 0 aliphatic heterocycles. The van der Waals surface area contributed by atoms with E-state index < -0.39 is 35.2 Å². The van der Waals surface area contributed by atoms with E-state index in [9.17, 15) is 35.9 Å². The first kappa shape index (κ1) is 27.6. The third-order valence-corrected chi connectivity index (χ3v) is 5.38. The van der Waals surface area contributed by atoms with Gasteiger partial charge in [0.05, 0.1) is 11.6 Å². The molecule has 0 unspecified atom stereocenters. The third-order valence-electron chi connectivity index (χ3n) is 5.38. The fraction of sp³-hybridized carbons (Fsp3) is 0.250. The van der Waals surface area contributed by atoms with E-state index in [2.05, 4.69) is 19.7 Å². The maximum absolute atomic E-state index is 13.3. The molecule has 0 radical (unpaired) electrons. The van der Waals surface area contributed by atoms with E-state index >= 15 is 0 Å². The topological polar surface area (TPSA) is 119 Å². The van der Waals surface area contributed by atoms with Crippen LogP contribution in [0, 0.1) is 0 Å². The van der Waals surface area contributed by atoms with E-state index in [0.717, 1.165) is 41.2 Å². The van der Waals surface area contributed by atoms with Crippen LogP contribution in [0.2, 0.25) is 0 Å². The number of aromatic nitrogens is 4. The SMILES string of the molecule is O=c1[nH]c2ncc(Oc3cccc(OC(F)(F)F)c3)c(Cc3ccc(C(F)(F)F)nc3)c2c(=O)n1CCCO. The summed E-state index contributed by atoms with van der Waals surface area (Å²) in [6.07, 6.45) is -7.73. The lowest BCUT2D eigenvalue weighted by atomic mass is 10.0. The number of halogens is 6. The minimum atomic E-state index is -4.96. The maximum atomic E-state index is 13.3. The van der Waals surface area contributed by atoms with Gasteiger partial charge in [0.15, 0.2) is 0 Å². The fourth-order valence-corrected chi connectivity index (χ4v) is 3.71. The first-order valence-corrected chi connectivity index (χ1v) is 11.2. The molecule has 206 valence electrons. The number of nitrogens with one attached hydrogen (secondary N) is 1. The molecule has 0 bridgehead atoms. The van der Waals surface area contributed by atoms with Crippen molar-refractivity contribution >= 4 is 11.0 Å². The Balaban J connectivity index is 1.85. The van der Waals surface area contributed by atoms with Crippen LogP contribution in [0.15, 0.2) is 58.4 Å². The largest absolute Gasteiger partial charge is 0.573 e. The predicted molar refractivity (Wildman–Crippen MR) is 124 cm³/mol. The van der Waals surface area contributed by atoms with Gasteiger partial charge < -0.3 is 14.6 Å². The van der Waals surface area contributed by atoms with E-state index in [1.165, 1.54) is 12.1 Å². The van der Waals surface area contributed by atoms with Gasteiger partial charge in [0, 0.05) is 37.4 Å². The van der Waals surface area contributed by atoms with Crippen LogP contribution in [0.3, 0.4) is 0 Å². The van der Waals surface area contributed by atoms with Crippen LogP contribution in [0.4, 0.5) is 26.3 Å². The van der Waals surface area contributed by atoms with Gasteiger partial charge >= 0.3 is 18.2 Å². The Morgan fingerprint density at radius 2 is 1.72 bits per heavy atom. The highest BCUT2D eigenvalue weighted by molar-refractivity contribution is 5.80. The predicted octanol–water partition coefficient (Wildman–Crippen LogP) is 4.16. The number of aliphatic hydroxyl groups is 1. The highest BCUT2D eigenvalue weighted by Gasteiger charge is 2.32. The average Bonchev–Trinajstić information content (AvgIpc) is 2.84. The van der Waals surface area contributed by atoms with Crippen molar-refractivity contribution in [1.82, 2.24) is 19.5 Å². The van der Waals surface area contributed by atoms with Crippen molar-refractivity contribution in [1.29, 1.82) is 0 Å². The Bertz CT molecular complexity index is 1600. The van der Waals surface area contributed by atoms with Crippen LogP contribution < -0.4 is 20.7 Å². The summed E-state index contributed by atoms with van der Waals surface area (Å²) < 4.78 is 87.3. The smallest absolute Gasteiger partial charge is 0.455 e. The molecule has 0 amide bonds. The molecule has 0 saturated heterocycles. The molecule has 3 aromatic heterocycles. The molecule has 0 aliphatic carbocycles. The van der Waals surface area contributed by atoms with Gasteiger partial charge in [-0.25, -0.2) is 9.78 Å². The summed E-state index contributed by atoms with van der Waals surface area (Å²) in [6, 6.07) is 6.40. The maximum Gasteiger partial charge on any atom is 0.573 e. The summed E-state index contributed by atoms with van der Waals surface area (Å²) in [5, 5.41) is 8.98. The lowest BCUT2D eigenvalue weighted by Gasteiger charge is -2.15. The van der Waals surface area contributed by atoms with Crippen molar-refractivity contribution < 1.29 is 40.9 Å². The van der Waals surface area contributed by atoms with Crippen LogP contribution in [0.1, 0.15) is 23.2 Å². The van der Waals surface area contributed by atoms with Gasteiger partial charge in [-0.2, -0.15) is 13.2 Å². The Morgan fingerprint density at radius 1 is 0.974 bits per heavy atom. The highest BCUT2D eigenvalue weighted by atomic mass is 19.4. The van der Waals surface area contributed by atoms with Crippen molar-refractivity contribution in [2.24, 2.45) is 0 Å². The number of aromatic amines is 1. The zero-order valence-corrected chi connectivity index (χ0v) is 19.6. The van der Waals surface area contributed by atoms with Crippen LogP contribution >= 0.6 is 0 Å². The third kappa shape index (κ3) is 6.54. The Kier molecular flexibility index (Phi) is 7.63. The number of pyridine rings is 2. The van der Waals surface area contributed by atoms with Crippen molar-refractivity contribution in [3.05, 3.63) is 86.5 Å². The first-order valence-electron chi connectivity index (χ1n) is 11.2. The fourth-order valence-electron chi connectivity index (χ4n) is 3.71. The standard InChI is InChI=1S/C24H18F6N4O5/c25-23(26,27)18-6-5-13(11-31-18)9-16-17(38-14-3-1-4-15(10-14)39-24(28,29)30)12-32-20-19(16)21(36)34(7-2-8-35)22(37)33-20/h1,3-6,10-12,35H,2,7-9H2,(H,32,33,37).